The summed E-state index contributed by atoms with van der Waals surface area (Å²) in [6.07, 6.45) is 0. The lowest BCUT2D eigenvalue weighted by Crippen LogP contribution is -2.27. The summed E-state index contributed by atoms with van der Waals surface area (Å²) >= 11 is 3.43. The summed E-state index contributed by atoms with van der Waals surface area (Å²) in [6.45, 7) is 3.76. The number of benzene rings is 3. The number of hydrogen-bond donors (Lipinski definition) is 2. The Bertz CT molecular complexity index is 1040. The zero-order valence-electron chi connectivity index (χ0n) is 16.8. The van der Waals surface area contributed by atoms with Crippen LogP contribution < -0.4 is 15.4 Å². The first kappa shape index (κ1) is 21.6. The first-order valence-electron chi connectivity index (χ1n) is 9.57. The zero-order chi connectivity index (χ0) is 21.5. The van der Waals surface area contributed by atoms with E-state index in [2.05, 4.69) is 26.6 Å². The van der Waals surface area contributed by atoms with Crippen molar-refractivity contribution in [2.45, 2.75) is 19.9 Å². The predicted octanol–water partition coefficient (Wildman–Crippen LogP) is 5.27. The van der Waals surface area contributed by atoms with Crippen LogP contribution in [0.15, 0.2) is 77.3 Å². The number of rotatable bonds is 7. The van der Waals surface area contributed by atoms with Crippen LogP contribution in [0.2, 0.25) is 0 Å². The van der Waals surface area contributed by atoms with Gasteiger partial charge in [0.2, 0.25) is 0 Å². The third-order valence-electron chi connectivity index (χ3n) is 4.56. The molecular formula is C24H23BrN2O3. The molecular weight excluding hydrogens is 444 g/mol. The lowest BCUT2D eigenvalue weighted by molar-refractivity contribution is -0.118. The molecule has 2 N–H and O–H groups in total. The Hall–Kier alpha value is -3.12. The molecule has 0 aliphatic heterocycles. The van der Waals surface area contributed by atoms with E-state index in [-0.39, 0.29) is 24.5 Å². The highest BCUT2D eigenvalue weighted by Crippen LogP contribution is 2.21. The van der Waals surface area contributed by atoms with Crippen LogP contribution in [0, 0.1) is 6.92 Å². The highest BCUT2D eigenvalue weighted by Gasteiger charge is 2.12. The number of amides is 2. The maximum Gasteiger partial charge on any atom is 0.262 e. The Labute approximate surface area is 184 Å². The minimum Gasteiger partial charge on any atom is -0.484 e. The second kappa shape index (κ2) is 10.1. The molecule has 0 aliphatic rings. The normalized spacial score (nSPS) is 11.4. The van der Waals surface area contributed by atoms with Crippen LogP contribution in [0.25, 0.3) is 0 Å². The number of nitrogens with one attached hydrogen (secondary N) is 2. The molecule has 2 amide bonds. The second-order valence-electron chi connectivity index (χ2n) is 6.93. The summed E-state index contributed by atoms with van der Waals surface area (Å²) in [5, 5.41) is 5.73. The van der Waals surface area contributed by atoms with Crippen molar-refractivity contribution >= 4 is 33.4 Å². The number of aryl methyl sites for hydroxylation is 1. The maximum atomic E-state index is 12.6. The smallest absolute Gasteiger partial charge is 0.262 e. The number of ether oxygens (including phenoxy) is 1. The summed E-state index contributed by atoms with van der Waals surface area (Å²) in [5.41, 5.74) is 3.06. The molecule has 5 nitrogen and oxygen atoms in total. The van der Waals surface area contributed by atoms with E-state index in [0.717, 1.165) is 15.6 Å². The minimum atomic E-state index is -0.300. The average molecular weight is 467 g/mol. The van der Waals surface area contributed by atoms with Gasteiger partial charge in [0, 0.05) is 15.7 Å². The molecule has 0 saturated heterocycles. The van der Waals surface area contributed by atoms with Crippen molar-refractivity contribution in [3.63, 3.8) is 0 Å². The molecule has 3 aromatic rings. The van der Waals surface area contributed by atoms with Gasteiger partial charge in [0.15, 0.2) is 6.61 Å². The fourth-order valence-corrected chi connectivity index (χ4v) is 3.14. The molecule has 0 saturated carbocycles. The molecule has 0 aromatic heterocycles. The van der Waals surface area contributed by atoms with Crippen molar-refractivity contribution in [1.82, 2.24) is 5.32 Å². The summed E-state index contributed by atoms with van der Waals surface area (Å²) < 4.78 is 6.53. The summed E-state index contributed by atoms with van der Waals surface area (Å²) in [6, 6.07) is 22.0. The maximum absolute atomic E-state index is 12.6. The highest BCUT2D eigenvalue weighted by atomic mass is 79.9. The van der Waals surface area contributed by atoms with Crippen molar-refractivity contribution in [3.05, 3.63) is 94.0 Å². The average Bonchev–Trinajstić information content (AvgIpc) is 2.75. The van der Waals surface area contributed by atoms with Crippen LogP contribution in [0.4, 0.5) is 5.69 Å². The van der Waals surface area contributed by atoms with Crippen LogP contribution >= 0.6 is 15.9 Å². The topological polar surface area (TPSA) is 67.4 Å². The van der Waals surface area contributed by atoms with Gasteiger partial charge in [-0.15, -0.1) is 0 Å². The molecule has 6 heteroatoms. The molecule has 154 valence electrons. The first-order valence-corrected chi connectivity index (χ1v) is 10.4. The summed E-state index contributed by atoms with van der Waals surface area (Å²) in [7, 11) is 0. The van der Waals surface area contributed by atoms with Gasteiger partial charge >= 0.3 is 0 Å². The van der Waals surface area contributed by atoms with E-state index in [1.165, 1.54) is 0 Å². The van der Waals surface area contributed by atoms with Gasteiger partial charge in [-0.3, -0.25) is 9.59 Å². The van der Waals surface area contributed by atoms with Gasteiger partial charge in [-0.25, -0.2) is 0 Å². The summed E-state index contributed by atoms with van der Waals surface area (Å²) in [5.74, 6) is 0.115. The number of carbonyl (C=O) groups excluding carboxylic acids is 2. The van der Waals surface area contributed by atoms with E-state index in [0.29, 0.717) is 17.0 Å². The van der Waals surface area contributed by atoms with E-state index in [9.17, 15) is 9.59 Å². The van der Waals surface area contributed by atoms with Crippen molar-refractivity contribution in [1.29, 1.82) is 0 Å². The standard InChI is InChI=1S/C24H23BrN2O3/c1-16-13-21(11-12-22(16)25)30-15-23(28)27-20-10-6-9-19(14-20)24(29)26-17(2)18-7-4-3-5-8-18/h3-14,17H,15H2,1-2H3,(H,26,29)(H,27,28). The van der Waals surface area contributed by atoms with E-state index >= 15 is 0 Å². The van der Waals surface area contributed by atoms with Gasteiger partial charge in [-0.2, -0.15) is 0 Å². The SMILES string of the molecule is Cc1cc(OCC(=O)Nc2cccc(C(=O)NC(C)c3ccccc3)c2)ccc1Br. The quantitative estimate of drug-likeness (QED) is 0.498. The highest BCUT2D eigenvalue weighted by molar-refractivity contribution is 9.10. The fraction of sp³-hybridized carbons (Fsp3) is 0.167. The van der Waals surface area contributed by atoms with Gasteiger partial charge in [-0.1, -0.05) is 52.3 Å². The number of halogens is 1. The lowest BCUT2D eigenvalue weighted by atomic mass is 10.1. The molecule has 0 heterocycles. The molecule has 0 fully saturated rings. The van der Waals surface area contributed by atoms with Crippen LogP contribution in [0.1, 0.15) is 34.5 Å². The van der Waals surface area contributed by atoms with Crippen LogP contribution in [-0.2, 0) is 4.79 Å². The zero-order valence-corrected chi connectivity index (χ0v) is 18.4. The Morgan fingerprint density at radius 1 is 1.00 bits per heavy atom. The predicted molar refractivity (Wildman–Crippen MR) is 122 cm³/mol. The van der Waals surface area contributed by atoms with Crippen molar-refractivity contribution in [3.8, 4) is 5.75 Å². The fourth-order valence-electron chi connectivity index (χ4n) is 2.90. The Balaban J connectivity index is 1.57. The molecule has 0 radical (unpaired) electrons. The third kappa shape index (κ3) is 5.94. The molecule has 0 aliphatic carbocycles. The van der Waals surface area contributed by atoms with Gasteiger partial charge in [0.1, 0.15) is 5.75 Å². The van der Waals surface area contributed by atoms with E-state index in [1.54, 1.807) is 30.3 Å². The molecule has 30 heavy (non-hydrogen) atoms. The summed E-state index contributed by atoms with van der Waals surface area (Å²) in [4.78, 5) is 24.8. The van der Waals surface area contributed by atoms with Gasteiger partial charge in [0.05, 0.1) is 6.04 Å². The van der Waals surface area contributed by atoms with Gasteiger partial charge in [0.25, 0.3) is 11.8 Å². The van der Waals surface area contributed by atoms with E-state index in [1.807, 2.05) is 56.3 Å². The van der Waals surface area contributed by atoms with E-state index in [4.69, 9.17) is 4.74 Å². The largest absolute Gasteiger partial charge is 0.484 e. The molecule has 3 aromatic carbocycles. The molecule has 0 spiro atoms. The molecule has 1 atom stereocenters. The van der Waals surface area contributed by atoms with Crippen molar-refractivity contribution in [2.24, 2.45) is 0 Å². The molecule has 3 rings (SSSR count). The van der Waals surface area contributed by atoms with Gasteiger partial charge < -0.3 is 15.4 Å². The number of hydrogen-bond acceptors (Lipinski definition) is 3. The number of anilines is 1. The first-order chi connectivity index (χ1) is 14.4. The van der Waals surface area contributed by atoms with Crippen molar-refractivity contribution in [2.75, 3.05) is 11.9 Å². The Morgan fingerprint density at radius 3 is 2.50 bits per heavy atom. The second-order valence-corrected chi connectivity index (χ2v) is 7.79. The molecule has 1 unspecified atom stereocenters. The van der Waals surface area contributed by atoms with E-state index < -0.39 is 0 Å². The van der Waals surface area contributed by atoms with Crippen LogP contribution in [0.5, 0.6) is 5.75 Å². The number of carbonyl (C=O) groups is 2. The Morgan fingerprint density at radius 2 is 1.77 bits per heavy atom. The lowest BCUT2D eigenvalue weighted by Gasteiger charge is -2.15. The minimum absolute atomic E-state index is 0.122. The third-order valence-corrected chi connectivity index (χ3v) is 5.44. The van der Waals surface area contributed by atoms with Crippen molar-refractivity contribution < 1.29 is 14.3 Å². The van der Waals surface area contributed by atoms with Crippen LogP contribution in [-0.4, -0.2) is 18.4 Å². The van der Waals surface area contributed by atoms with Gasteiger partial charge in [-0.05, 0) is 61.4 Å². The molecule has 0 bridgehead atoms. The monoisotopic (exact) mass is 466 g/mol. The Kier molecular flexibility index (Phi) is 7.25. The van der Waals surface area contributed by atoms with Crippen LogP contribution in [0.3, 0.4) is 0 Å².